The number of alkyl halides is 6. The molecule has 0 spiro atoms. The van der Waals surface area contributed by atoms with Crippen LogP contribution in [-0.2, 0) is 0 Å². The van der Waals surface area contributed by atoms with Gasteiger partial charge in [-0.2, -0.15) is 26.3 Å². The Labute approximate surface area is 166 Å². The topological polar surface area (TPSA) is 35.5 Å². The Bertz CT molecular complexity index is 873. The SMILES string of the molecule is O=C(/C=C/c1ccc(Cl)cc1)c1cc(OCC(F)(F)F)ccc1OCC(F)(F)F. The van der Waals surface area contributed by atoms with E-state index in [1.54, 1.807) is 24.3 Å². The maximum Gasteiger partial charge on any atom is 0.422 e. The van der Waals surface area contributed by atoms with Crippen molar-refractivity contribution in [3.05, 3.63) is 64.7 Å². The summed E-state index contributed by atoms with van der Waals surface area (Å²) in [5.41, 5.74) is 0.198. The third kappa shape index (κ3) is 8.06. The van der Waals surface area contributed by atoms with Gasteiger partial charge in [0, 0.05) is 5.02 Å². The van der Waals surface area contributed by atoms with E-state index in [1.807, 2.05) is 0 Å². The van der Waals surface area contributed by atoms with Crippen LogP contribution < -0.4 is 9.47 Å². The first-order valence-corrected chi connectivity index (χ1v) is 8.32. The van der Waals surface area contributed by atoms with Crippen LogP contribution in [0.5, 0.6) is 11.5 Å². The van der Waals surface area contributed by atoms with Crippen LogP contribution in [0.15, 0.2) is 48.5 Å². The number of ketones is 1. The highest BCUT2D eigenvalue weighted by Crippen LogP contribution is 2.28. The Morgan fingerprint density at radius 2 is 1.48 bits per heavy atom. The maximum atomic E-state index is 12.4. The zero-order chi connectivity index (χ0) is 21.7. The van der Waals surface area contributed by atoms with Crippen LogP contribution in [0.25, 0.3) is 6.08 Å². The van der Waals surface area contributed by atoms with E-state index in [2.05, 4.69) is 9.47 Å². The molecule has 10 heteroatoms. The average Bonchev–Trinajstić information content (AvgIpc) is 2.63. The second-order valence-electron chi connectivity index (χ2n) is 5.71. The molecule has 0 fully saturated rings. The molecular weight excluding hydrogens is 426 g/mol. The van der Waals surface area contributed by atoms with Gasteiger partial charge < -0.3 is 9.47 Å². The summed E-state index contributed by atoms with van der Waals surface area (Å²) < 4.78 is 83.3. The Morgan fingerprint density at radius 1 is 0.897 bits per heavy atom. The minimum atomic E-state index is -4.66. The number of rotatable bonds is 7. The van der Waals surface area contributed by atoms with Gasteiger partial charge in [0.15, 0.2) is 19.0 Å². The Morgan fingerprint density at radius 3 is 2.07 bits per heavy atom. The minimum absolute atomic E-state index is 0.343. The van der Waals surface area contributed by atoms with E-state index in [-0.39, 0.29) is 11.3 Å². The van der Waals surface area contributed by atoms with Crippen molar-refractivity contribution in [3.8, 4) is 11.5 Å². The van der Waals surface area contributed by atoms with Crippen molar-refractivity contribution >= 4 is 23.5 Å². The Hall–Kier alpha value is -2.68. The van der Waals surface area contributed by atoms with Crippen LogP contribution in [0.4, 0.5) is 26.3 Å². The van der Waals surface area contributed by atoms with Crippen LogP contribution in [0.3, 0.4) is 0 Å². The summed E-state index contributed by atoms with van der Waals surface area (Å²) in [5.74, 6) is -1.56. The molecule has 2 rings (SSSR count). The molecule has 2 aromatic carbocycles. The van der Waals surface area contributed by atoms with E-state index in [1.165, 1.54) is 6.08 Å². The van der Waals surface area contributed by atoms with E-state index >= 15 is 0 Å². The van der Waals surface area contributed by atoms with E-state index in [4.69, 9.17) is 11.6 Å². The third-order valence-electron chi connectivity index (χ3n) is 3.31. The summed E-state index contributed by atoms with van der Waals surface area (Å²) >= 11 is 5.75. The van der Waals surface area contributed by atoms with Gasteiger partial charge in [-0.15, -0.1) is 0 Å². The van der Waals surface area contributed by atoms with E-state index in [0.717, 1.165) is 24.3 Å². The lowest BCUT2D eigenvalue weighted by molar-refractivity contribution is -0.154. The smallest absolute Gasteiger partial charge is 0.422 e. The van der Waals surface area contributed by atoms with Crippen molar-refractivity contribution in [1.29, 1.82) is 0 Å². The largest absolute Gasteiger partial charge is 0.484 e. The molecule has 0 saturated carbocycles. The first-order chi connectivity index (χ1) is 13.4. The molecule has 0 aliphatic rings. The lowest BCUT2D eigenvalue weighted by Gasteiger charge is -2.14. The second kappa shape index (κ2) is 9.21. The number of carbonyl (C=O) groups excluding carboxylic acids is 1. The first kappa shape index (κ1) is 22.6. The number of benzene rings is 2. The average molecular weight is 439 g/mol. The van der Waals surface area contributed by atoms with Crippen molar-refractivity contribution in [3.63, 3.8) is 0 Å². The quantitative estimate of drug-likeness (QED) is 0.297. The first-order valence-electron chi connectivity index (χ1n) is 7.94. The summed E-state index contributed by atoms with van der Waals surface area (Å²) in [4.78, 5) is 12.4. The molecule has 2 aromatic rings. The number of hydrogen-bond donors (Lipinski definition) is 0. The van der Waals surface area contributed by atoms with Crippen molar-refractivity contribution < 1.29 is 40.6 Å². The van der Waals surface area contributed by atoms with Crippen molar-refractivity contribution in [2.45, 2.75) is 12.4 Å². The summed E-state index contributed by atoms with van der Waals surface area (Å²) in [6.07, 6.45) is -6.86. The molecule has 0 N–H and O–H groups in total. The summed E-state index contributed by atoms with van der Waals surface area (Å²) in [6, 6.07) is 9.14. The molecule has 0 atom stereocenters. The molecule has 156 valence electrons. The summed E-state index contributed by atoms with van der Waals surface area (Å²) in [7, 11) is 0. The molecule has 0 bridgehead atoms. The normalized spacial score (nSPS) is 12.2. The molecule has 0 aromatic heterocycles. The molecule has 3 nitrogen and oxygen atoms in total. The molecule has 0 amide bonds. The highest BCUT2D eigenvalue weighted by molar-refractivity contribution is 6.30. The fraction of sp³-hybridized carbons (Fsp3) is 0.211. The zero-order valence-electron chi connectivity index (χ0n) is 14.5. The van der Waals surface area contributed by atoms with Gasteiger partial charge in [0.25, 0.3) is 0 Å². The molecule has 0 saturated heterocycles. The molecule has 0 aliphatic heterocycles. The minimum Gasteiger partial charge on any atom is -0.484 e. The van der Waals surface area contributed by atoms with Gasteiger partial charge in [0.1, 0.15) is 11.5 Å². The molecular formula is C19H13ClF6O3. The predicted molar refractivity (Wildman–Crippen MR) is 94.4 cm³/mol. The van der Waals surface area contributed by atoms with Crippen molar-refractivity contribution in [2.75, 3.05) is 13.2 Å². The van der Waals surface area contributed by atoms with Gasteiger partial charge in [-0.05, 0) is 42.0 Å². The van der Waals surface area contributed by atoms with Gasteiger partial charge >= 0.3 is 12.4 Å². The fourth-order valence-corrected chi connectivity index (χ4v) is 2.20. The maximum absolute atomic E-state index is 12.4. The number of carbonyl (C=O) groups is 1. The second-order valence-corrected chi connectivity index (χ2v) is 6.15. The van der Waals surface area contributed by atoms with E-state index in [9.17, 15) is 31.1 Å². The van der Waals surface area contributed by atoms with Gasteiger partial charge in [-0.25, -0.2) is 0 Å². The standard InChI is InChI=1S/C19H13ClF6O3/c20-13-4-1-12(2-5-13)3-7-16(27)15-9-14(28-10-18(21,22)23)6-8-17(15)29-11-19(24,25)26/h1-9H,10-11H2/b7-3+. The van der Waals surface area contributed by atoms with E-state index < -0.39 is 37.1 Å². The van der Waals surface area contributed by atoms with Crippen LogP contribution in [0.2, 0.25) is 5.02 Å². The number of hydrogen-bond acceptors (Lipinski definition) is 3. The number of allylic oxidation sites excluding steroid dienone is 1. The van der Waals surface area contributed by atoms with Gasteiger partial charge in [-0.1, -0.05) is 29.8 Å². The van der Waals surface area contributed by atoms with Crippen LogP contribution >= 0.6 is 11.6 Å². The third-order valence-corrected chi connectivity index (χ3v) is 3.56. The van der Waals surface area contributed by atoms with Gasteiger partial charge in [0.2, 0.25) is 0 Å². The van der Waals surface area contributed by atoms with E-state index in [0.29, 0.717) is 10.6 Å². The van der Waals surface area contributed by atoms with Crippen molar-refractivity contribution in [2.24, 2.45) is 0 Å². The van der Waals surface area contributed by atoms with Crippen LogP contribution in [0, 0.1) is 0 Å². The number of halogens is 7. The molecule has 0 radical (unpaired) electrons. The molecule has 29 heavy (non-hydrogen) atoms. The molecule has 0 unspecified atom stereocenters. The summed E-state index contributed by atoms with van der Waals surface area (Å²) in [5, 5.41) is 0.464. The Kier molecular flexibility index (Phi) is 7.18. The monoisotopic (exact) mass is 438 g/mol. The highest BCUT2D eigenvalue weighted by Gasteiger charge is 2.30. The van der Waals surface area contributed by atoms with Gasteiger partial charge in [-0.3, -0.25) is 4.79 Å². The van der Waals surface area contributed by atoms with Gasteiger partial charge in [0.05, 0.1) is 5.56 Å². The number of ether oxygens (including phenoxy) is 2. The molecule has 0 aliphatic carbocycles. The highest BCUT2D eigenvalue weighted by atomic mass is 35.5. The van der Waals surface area contributed by atoms with Crippen LogP contribution in [-0.4, -0.2) is 31.3 Å². The zero-order valence-corrected chi connectivity index (χ0v) is 15.2. The summed E-state index contributed by atoms with van der Waals surface area (Å²) in [6.45, 7) is -3.29. The Balaban J connectivity index is 2.27. The lowest BCUT2D eigenvalue weighted by Crippen LogP contribution is -2.21. The lowest BCUT2D eigenvalue weighted by atomic mass is 10.1. The fourth-order valence-electron chi connectivity index (χ4n) is 2.08. The van der Waals surface area contributed by atoms with Crippen molar-refractivity contribution in [1.82, 2.24) is 0 Å². The predicted octanol–water partition coefficient (Wildman–Crippen LogP) is 6.12. The molecule has 0 heterocycles. The van der Waals surface area contributed by atoms with Crippen LogP contribution in [0.1, 0.15) is 15.9 Å².